The number of ether oxygens (including phenoxy) is 1. The van der Waals surface area contributed by atoms with E-state index in [9.17, 15) is 18.3 Å². The normalized spacial score (nSPS) is 17.1. The summed E-state index contributed by atoms with van der Waals surface area (Å²) in [7, 11) is 0. The van der Waals surface area contributed by atoms with E-state index in [4.69, 9.17) is 9.84 Å². The van der Waals surface area contributed by atoms with E-state index in [1.807, 2.05) is 31.2 Å². The molecule has 3 heterocycles. The van der Waals surface area contributed by atoms with E-state index in [1.165, 1.54) is 11.3 Å². The molecule has 3 N–H and O–H groups in total. The minimum absolute atomic E-state index is 0.0319. The van der Waals surface area contributed by atoms with Crippen LogP contribution in [0.1, 0.15) is 39.2 Å². The highest BCUT2D eigenvalue weighted by Crippen LogP contribution is 2.45. The van der Waals surface area contributed by atoms with Crippen LogP contribution in [0.3, 0.4) is 0 Å². The molecule has 0 amide bonds. The largest absolute Gasteiger partial charge is 0.416 e. The van der Waals surface area contributed by atoms with Gasteiger partial charge in [-0.15, -0.1) is 11.3 Å². The van der Waals surface area contributed by atoms with Crippen LogP contribution in [0, 0.1) is 6.92 Å². The standard InChI is InChI=1S/C26H23F3N4O3S/c1-15-8-20(32-23(9-15)33-22-11-18(5-7-30-22)26(27,28)29)21-12-31-24(37-21)25(35)6-4-17-10-16(13-36-14-34)2-3-19(17)25/h2-3,5,7-12,34-35H,4,6,13-14H2,1H3,(H,30,32,33)/t25-/m1/s1. The lowest BCUT2D eigenvalue weighted by molar-refractivity contribution is -0.137. The molecule has 7 nitrogen and oxygen atoms in total. The molecule has 11 heteroatoms. The molecule has 0 saturated carbocycles. The van der Waals surface area contributed by atoms with Gasteiger partial charge in [-0.25, -0.2) is 15.0 Å². The van der Waals surface area contributed by atoms with Crippen LogP contribution in [0.5, 0.6) is 0 Å². The van der Waals surface area contributed by atoms with Gasteiger partial charge < -0.3 is 20.3 Å². The molecular formula is C26H23F3N4O3S. The van der Waals surface area contributed by atoms with E-state index in [2.05, 4.69) is 20.3 Å². The van der Waals surface area contributed by atoms with Gasteiger partial charge in [0.15, 0.2) is 0 Å². The first-order valence-electron chi connectivity index (χ1n) is 11.4. The average Bonchev–Trinajstić information content (AvgIpc) is 3.48. The number of thiazole rings is 1. The second kappa shape index (κ2) is 9.82. The fourth-order valence-corrected chi connectivity index (χ4v) is 5.44. The van der Waals surface area contributed by atoms with Crippen LogP contribution in [0.2, 0.25) is 0 Å². The molecule has 0 spiro atoms. The van der Waals surface area contributed by atoms with Crippen LogP contribution in [-0.4, -0.2) is 32.0 Å². The van der Waals surface area contributed by atoms with Crippen molar-refractivity contribution < 1.29 is 28.1 Å². The van der Waals surface area contributed by atoms with Crippen molar-refractivity contribution in [2.45, 2.75) is 38.1 Å². The molecule has 1 aliphatic rings. The van der Waals surface area contributed by atoms with Crippen molar-refractivity contribution in [3.63, 3.8) is 0 Å². The summed E-state index contributed by atoms with van der Waals surface area (Å²) < 4.78 is 44.3. The van der Waals surface area contributed by atoms with Crippen molar-refractivity contribution in [1.82, 2.24) is 15.0 Å². The third kappa shape index (κ3) is 5.21. The monoisotopic (exact) mass is 528 g/mol. The number of aromatic nitrogens is 3. The van der Waals surface area contributed by atoms with Crippen LogP contribution < -0.4 is 5.32 Å². The Hall–Kier alpha value is -3.38. The molecule has 1 atom stereocenters. The summed E-state index contributed by atoms with van der Waals surface area (Å²) in [5.41, 5.74) is 2.10. The van der Waals surface area contributed by atoms with Gasteiger partial charge in [-0.05, 0) is 66.3 Å². The summed E-state index contributed by atoms with van der Waals surface area (Å²) in [4.78, 5) is 13.8. The number of alkyl halides is 3. The molecular weight excluding hydrogens is 505 g/mol. The highest BCUT2D eigenvalue weighted by molar-refractivity contribution is 7.15. The SMILES string of the molecule is Cc1cc(Nc2cc(C(F)(F)F)ccn2)nc(-c2cnc([C@@]3(O)CCc4cc(COCO)ccc43)s2)c1. The predicted molar refractivity (Wildman–Crippen MR) is 132 cm³/mol. The van der Waals surface area contributed by atoms with Crippen molar-refractivity contribution in [1.29, 1.82) is 0 Å². The highest BCUT2D eigenvalue weighted by Gasteiger charge is 2.41. The van der Waals surface area contributed by atoms with Crippen molar-refractivity contribution in [2.24, 2.45) is 0 Å². The quantitative estimate of drug-likeness (QED) is 0.279. The zero-order valence-corrected chi connectivity index (χ0v) is 20.5. The number of aliphatic hydroxyl groups is 2. The van der Waals surface area contributed by atoms with Crippen molar-refractivity contribution in [2.75, 3.05) is 12.1 Å². The number of anilines is 2. The van der Waals surface area contributed by atoms with E-state index < -0.39 is 17.3 Å². The number of aliphatic hydroxyl groups excluding tert-OH is 1. The number of fused-ring (bicyclic) bond motifs is 1. The molecule has 5 rings (SSSR count). The van der Waals surface area contributed by atoms with Gasteiger partial charge in [0, 0.05) is 12.4 Å². The summed E-state index contributed by atoms with van der Waals surface area (Å²) in [6.45, 7) is 1.79. The molecule has 0 radical (unpaired) electrons. The maximum atomic E-state index is 13.1. The number of halogens is 3. The smallest absolute Gasteiger partial charge is 0.378 e. The molecule has 0 saturated heterocycles. The maximum absolute atomic E-state index is 13.1. The van der Waals surface area contributed by atoms with Crippen LogP contribution in [0.15, 0.2) is 54.9 Å². The van der Waals surface area contributed by atoms with Crippen LogP contribution in [0.4, 0.5) is 24.8 Å². The van der Waals surface area contributed by atoms with Crippen molar-refractivity contribution in [3.8, 4) is 10.6 Å². The van der Waals surface area contributed by atoms with Crippen LogP contribution in [0.25, 0.3) is 10.6 Å². The Morgan fingerprint density at radius 1 is 1.11 bits per heavy atom. The molecule has 192 valence electrons. The van der Waals surface area contributed by atoms with Gasteiger partial charge in [0.1, 0.15) is 29.0 Å². The Bertz CT molecular complexity index is 1440. The Labute approximate surface area is 214 Å². The molecule has 0 bridgehead atoms. The number of hydrogen-bond acceptors (Lipinski definition) is 8. The minimum Gasteiger partial charge on any atom is -0.378 e. The summed E-state index contributed by atoms with van der Waals surface area (Å²) >= 11 is 1.32. The molecule has 0 aliphatic heterocycles. The molecule has 3 aromatic heterocycles. The first-order chi connectivity index (χ1) is 17.7. The topological polar surface area (TPSA) is 100 Å². The number of nitrogens with zero attached hydrogens (tertiary/aromatic N) is 3. The van der Waals surface area contributed by atoms with E-state index in [1.54, 1.807) is 12.3 Å². The summed E-state index contributed by atoms with van der Waals surface area (Å²) in [6, 6.07) is 11.1. The number of nitrogens with one attached hydrogen (secondary N) is 1. The zero-order chi connectivity index (χ0) is 26.2. The molecule has 0 unspecified atom stereocenters. The number of rotatable bonds is 7. The number of aryl methyl sites for hydroxylation is 2. The number of pyridine rings is 2. The first kappa shape index (κ1) is 25.3. The lowest BCUT2D eigenvalue weighted by atomic mass is 9.96. The lowest BCUT2D eigenvalue weighted by Gasteiger charge is -2.21. The highest BCUT2D eigenvalue weighted by atomic mass is 32.1. The van der Waals surface area contributed by atoms with E-state index in [0.717, 1.165) is 40.6 Å². The summed E-state index contributed by atoms with van der Waals surface area (Å²) in [6.07, 6.45) is -0.575. The first-order valence-corrected chi connectivity index (χ1v) is 12.3. The molecule has 1 aliphatic carbocycles. The molecule has 1 aromatic carbocycles. The fourth-order valence-electron chi connectivity index (χ4n) is 4.43. The van der Waals surface area contributed by atoms with E-state index >= 15 is 0 Å². The Balaban J connectivity index is 1.41. The Morgan fingerprint density at radius 3 is 2.73 bits per heavy atom. The predicted octanol–water partition coefficient (Wildman–Crippen LogP) is 5.32. The molecule has 4 aromatic rings. The van der Waals surface area contributed by atoms with Gasteiger partial charge in [-0.3, -0.25) is 0 Å². The van der Waals surface area contributed by atoms with Gasteiger partial charge in [-0.2, -0.15) is 13.2 Å². The zero-order valence-electron chi connectivity index (χ0n) is 19.7. The van der Waals surface area contributed by atoms with Gasteiger partial charge in [0.2, 0.25) is 0 Å². The van der Waals surface area contributed by atoms with Crippen LogP contribution >= 0.6 is 11.3 Å². The third-order valence-corrected chi connectivity index (χ3v) is 7.33. The van der Waals surface area contributed by atoms with Crippen molar-refractivity contribution in [3.05, 3.63) is 87.7 Å². The van der Waals surface area contributed by atoms with Gasteiger partial charge in [-0.1, -0.05) is 18.2 Å². The second-order valence-corrected chi connectivity index (χ2v) is 9.86. The lowest BCUT2D eigenvalue weighted by Crippen LogP contribution is -2.23. The Kier molecular flexibility index (Phi) is 6.71. The second-order valence-electron chi connectivity index (χ2n) is 8.83. The summed E-state index contributed by atoms with van der Waals surface area (Å²) in [5, 5.41) is 23.9. The number of benzene rings is 1. The maximum Gasteiger partial charge on any atom is 0.416 e. The summed E-state index contributed by atoms with van der Waals surface area (Å²) in [5.74, 6) is 0.379. The van der Waals surface area contributed by atoms with E-state index in [-0.39, 0.29) is 19.2 Å². The number of hydrogen-bond donors (Lipinski definition) is 3. The van der Waals surface area contributed by atoms with Crippen molar-refractivity contribution >= 4 is 23.0 Å². The van der Waals surface area contributed by atoms with E-state index in [0.29, 0.717) is 34.2 Å². The third-order valence-electron chi connectivity index (χ3n) is 6.16. The van der Waals surface area contributed by atoms with Gasteiger partial charge >= 0.3 is 6.18 Å². The average molecular weight is 529 g/mol. The van der Waals surface area contributed by atoms with Gasteiger partial charge in [0.05, 0.1) is 22.7 Å². The van der Waals surface area contributed by atoms with Gasteiger partial charge in [0.25, 0.3) is 0 Å². The fraction of sp³-hybridized carbons (Fsp3) is 0.269. The minimum atomic E-state index is -4.47. The molecule has 37 heavy (non-hydrogen) atoms. The Morgan fingerprint density at radius 2 is 1.95 bits per heavy atom. The van der Waals surface area contributed by atoms with Crippen LogP contribution in [-0.2, 0) is 29.5 Å². The molecule has 0 fully saturated rings.